The molecule has 8 heteroatoms. The fourth-order valence-electron chi connectivity index (χ4n) is 0.248. The van der Waals surface area contributed by atoms with Crippen LogP contribution in [0.15, 0.2) is 0 Å². The first-order valence-corrected chi connectivity index (χ1v) is 4.21. The Balaban J connectivity index is 0. The van der Waals surface area contributed by atoms with Crippen molar-refractivity contribution in [1.29, 1.82) is 0 Å². The molecule has 0 radical (unpaired) electrons. The summed E-state index contributed by atoms with van der Waals surface area (Å²) in [4.78, 5) is 0. The van der Waals surface area contributed by atoms with Gasteiger partial charge in [-0.2, -0.15) is 0 Å². The van der Waals surface area contributed by atoms with Crippen LogP contribution in [0.4, 0.5) is 0 Å². The maximum atomic E-state index is 9.93. The quantitative estimate of drug-likeness (QED) is 0.214. The van der Waals surface area contributed by atoms with E-state index in [2.05, 4.69) is 0 Å². The van der Waals surface area contributed by atoms with Gasteiger partial charge in [-0.15, -0.1) is 11.6 Å². The van der Waals surface area contributed by atoms with Crippen LogP contribution < -0.4 is 29.6 Å². The maximum absolute atomic E-state index is 9.93. The molecule has 0 unspecified atom stereocenters. The Bertz CT molecular complexity index is 200. The summed E-state index contributed by atoms with van der Waals surface area (Å²) in [6.45, 7) is 0. The van der Waals surface area contributed by atoms with E-state index in [1.807, 2.05) is 0 Å². The summed E-state index contributed by atoms with van der Waals surface area (Å²) in [6.07, 6.45) is -0.694. The Morgan fingerprint density at radius 3 is 1.91 bits per heavy atom. The van der Waals surface area contributed by atoms with Gasteiger partial charge >= 0.3 is 29.6 Å². The van der Waals surface area contributed by atoms with E-state index in [-0.39, 0.29) is 35.4 Å². The van der Waals surface area contributed by atoms with E-state index in [1.165, 1.54) is 0 Å². The van der Waals surface area contributed by atoms with Crippen LogP contribution in [0.2, 0.25) is 0 Å². The molecular formula is C3H6ClNaO5S. The Labute approximate surface area is 91.4 Å². The van der Waals surface area contributed by atoms with Crippen molar-refractivity contribution < 1.29 is 52.7 Å². The fraction of sp³-hybridized carbons (Fsp3) is 1.00. The zero-order chi connectivity index (χ0) is 8.41. The van der Waals surface area contributed by atoms with E-state index in [4.69, 9.17) is 21.8 Å². The van der Waals surface area contributed by atoms with Crippen molar-refractivity contribution in [2.45, 2.75) is 11.5 Å². The zero-order valence-electron chi connectivity index (χ0n) is 5.82. The summed E-state index contributed by atoms with van der Waals surface area (Å²) in [6, 6.07) is 0. The SMILES string of the molecule is O=S(=O)([O-])C(O)(O)CCCl.[Na+]. The van der Waals surface area contributed by atoms with Crippen molar-refractivity contribution in [2.75, 3.05) is 5.88 Å². The van der Waals surface area contributed by atoms with Gasteiger partial charge in [-0.05, 0) is 0 Å². The molecule has 0 fully saturated rings. The van der Waals surface area contributed by atoms with E-state index in [0.29, 0.717) is 0 Å². The topological polar surface area (TPSA) is 97.7 Å². The van der Waals surface area contributed by atoms with Gasteiger partial charge in [0.2, 0.25) is 0 Å². The van der Waals surface area contributed by atoms with Crippen molar-refractivity contribution in [2.24, 2.45) is 0 Å². The van der Waals surface area contributed by atoms with Crippen LogP contribution in [0.3, 0.4) is 0 Å². The van der Waals surface area contributed by atoms with Gasteiger partial charge in [0.15, 0.2) is 10.1 Å². The molecule has 0 atom stereocenters. The summed E-state index contributed by atoms with van der Waals surface area (Å²) in [7, 11) is -5.09. The molecule has 0 aromatic rings. The van der Waals surface area contributed by atoms with Crippen molar-refractivity contribution in [3.63, 3.8) is 0 Å². The molecule has 0 saturated carbocycles. The fourth-order valence-corrected chi connectivity index (χ4v) is 0.976. The Hall–Kier alpha value is 1.12. The van der Waals surface area contributed by atoms with Crippen LogP contribution in [-0.4, -0.2) is 34.2 Å². The predicted octanol–water partition coefficient (Wildman–Crippen LogP) is -4.20. The molecule has 0 aliphatic carbocycles. The van der Waals surface area contributed by atoms with Crippen molar-refractivity contribution >= 4 is 21.7 Å². The van der Waals surface area contributed by atoms with Gasteiger partial charge in [0.1, 0.15) is 0 Å². The number of alkyl halides is 1. The van der Waals surface area contributed by atoms with Gasteiger partial charge < -0.3 is 14.8 Å². The molecule has 5 nitrogen and oxygen atoms in total. The second-order valence-corrected chi connectivity index (χ2v) is 3.58. The predicted molar refractivity (Wildman–Crippen MR) is 32.2 cm³/mol. The third-order valence-electron chi connectivity index (χ3n) is 0.821. The van der Waals surface area contributed by atoms with Crippen LogP contribution >= 0.6 is 11.6 Å². The Kier molecular flexibility index (Phi) is 6.63. The second-order valence-electron chi connectivity index (χ2n) is 1.64. The van der Waals surface area contributed by atoms with Gasteiger partial charge in [-0.25, -0.2) is 8.42 Å². The first-order chi connectivity index (χ1) is 4.31. The third-order valence-corrected chi connectivity index (χ3v) is 2.01. The molecule has 0 aliphatic rings. The van der Waals surface area contributed by atoms with Gasteiger partial charge in [-0.1, -0.05) is 0 Å². The van der Waals surface area contributed by atoms with Crippen LogP contribution in [0.25, 0.3) is 0 Å². The monoisotopic (exact) mass is 212 g/mol. The molecular weight excluding hydrogens is 207 g/mol. The molecule has 11 heavy (non-hydrogen) atoms. The molecule has 0 bridgehead atoms. The standard InChI is InChI=1S/C3H7ClO5S.Na/c4-2-1-3(5,6)10(7,8)9;/h5-6H,1-2H2,(H,7,8,9);/q;+1/p-1. The molecule has 0 saturated heterocycles. The van der Waals surface area contributed by atoms with Crippen molar-refractivity contribution in [3.05, 3.63) is 0 Å². The second kappa shape index (κ2) is 4.98. The first kappa shape index (κ1) is 14.6. The molecule has 62 valence electrons. The molecule has 0 spiro atoms. The molecule has 2 N–H and O–H groups in total. The maximum Gasteiger partial charge on any atom is 1.00 e. The number of hydrogen-bond acceptors (Lipinski definition) is 5. The van der Waals surface area contributed by atoms with E-state index < -0.39 is 21.7 Å². The van der Waals surface area contributed by atoms with Gasteiger partial charge in [0.25, 0.3) is 5.12 Å². The number of aliphatic hydroxyl groups is 2. The number of hydrogen-bond donors (Lipinski definition) is 2. The molecule has 0 rings (SSSR count). The van der Waals surface area contributed by atoms with E-state index >= 15 is 0 Å². The zero-order valence-corrected chi connectivity index (χ0v) is 9.39. The Morgan fingerprint density at radius 2 is 1.82 bits per heavy atom. The van der Waals surface area contributed by atoms with Crippen LogP contribution in [-0.2, 0) is 10.1 Å². The summed E-state index contributed by atoms with van der Waals surface area (Å²) < 4.78 is 29.8. The number of rotatable bonds is 3. The van der Waals surface area contributed by atoms with Gasteiger partial charge in [0.05, 0.1) is 0 Å². The first-order valence-electron chi connectivity index (χ1n) is 2.27. The van der Waals surface area contributed by atoms with Crippen molar-refractivity contribution in [1.82, 2.24) is 0 Å². The van der Waals surface area contributed by atoms with Gasteiger partial charge in [-0.3, -0.25) is 0 Å². The molecule has 0 aromatic heterocycles. The summed E-state index contributed by atoms with van der Waals surface area (Å²) in [5, 5.41) is 13.6. The number of halogens is 1. The van der Waals surface area contributed by atoms with E-state index in [1.54, 1.807) is 0 Å². The van der Waals surface area contributed by atoms with Gasteiger partial charge in [0, 0.05) is 12.3 Å². The van der Waals surface area contributed by atoms with Crippen LogP contribution in [0.1, 0.15) is 6.42 Å². The Morgan fingerprint density at radius 1 is 1.45 bits per heavy atom. The van der Waals surface area contributed by atoms with Crippen molar-refractivity contribution in [3.8, 4) is 0 Å². The minimum absolute atomic E-state index is 0. The minimum atomic E-state index is -5.09. The largest absolute Gasteiger partial charge is 1.00 e. The minimum Gasteiger partial charge on any atom is -0.744 e. The normalized spacial score (nSPS) is 12.4. The molecule has 0 aromatic carbocycles. The smallest absolute Gasteiger partial charge is 0.744 e. The average molecular weight is 213 g/mol. The summed E-state index contributed by atoms with van der Waals surface area (Å²) in [5.41, 5.74) is 0. The summed E-state index contributed by atoms with van der Waals surface area (Å²) in [5.74, 6) is -0.311. The molecule has 0 aliphatic heterocycles. The third kappa shape index (κ3) is 4.64. The van der Waals surface area contributed by atoms with E-state index in [0.717, 1.165) is 0 Å². The molecule has 0 heterocycles. The van der Waals surface area contributed by atoms with Crippen LogP contribution in [0.5, 0.6) is 0 Å². The van der Waals surface area contributed by atoms with Crippen LogP contribution in [0, 0.1) is 0 Å². The molecule has 0 amide bonds. The average Bonchev–Trinajstić information content (AvgIpc) is 1.61. The van der Waals surface area contributed by atoms with E-state index in [9.17, 15) is 13.0 Å². The summed E-state index contributed by atoms with van der Waals surface area (Å²) >= 11 is 4.97.